The number of carbonyl (C=O) groups is 1. The fourth-order valence-corrected chi connectivity index (χ4v) is 3.81. The molecule has 2 aromatic carbocycles. The number of hydrogen-bond donors (Lipinski definition) is 0. The van der Waals surface area contributed by atoms with Gasteiger partial charge in [-0.1, -0.05) is 30.3 Å². The number of fused-ring (bicyclic) bond motifs is 3. The molecule has 2 heterocycles. The standard InChI is InChI=1S/C22H25FN4O2/c1-25(2)11-12-26(3)22(28)27-21(15-7-5-4-6-8-15)18-14-29-19-10-9-16(23)13-17(19)20(18)24-27/h4-10,13,18,21H,11-12,14H2,1-3H3/t18-,21-/m0/s1. The first-order chi connectivity index (χ1) is 14.0. The van der Waals surface area contributed by atoms with Gasteiger partial charge in [-0.15, -0.1) is 0 Å². The van der Waals surface area contributed by atoms with Crippen molar-refractivity contribution in [3.63, 3.8) is 0 Å². The van der Waals surface area contributed by atoms with E-state index in [9.17, 15) is 9.18 Å². The molecule has 0 saturated heterocycles. The Labute approximate surface area is 170 Å². The van der Waals surface area contributed by atoms with E-state index in [1.54, 1.807) is 18.0 Å². The Morgan fingerprint density at radius 2 is 1.93 bits per heavy atom. The maximum atomic E-state index is 13.9. The summed E-state index contributed by atoms with van der Waals surface area (Å²) in [5.41, 5.74) is 2.30. The topological polar surface area (TPSA) is 48.4 Å². The Morgan fingerprint density at radius 1 is 1.17 bits per heavy atom. The van der Waals surface area contributed by atoms with Gasteiger partial charge in [0.1, 0.15) is 11.6 Å². The molecule has 0 aromatic heterocycles. The van der Waals surface area contributed by atoms with Crippen molar-refractivity contribution in [2.24, 2.45) is 11.0 Å². The van der Waals surface area contributed by atoms with E-state index in [1.807, 2.05) is 49.3 Å². The van der Waals surface area contributed by atoms with Crippen LogP contribution in [-0.2, 0) is 0 Å². The molecule has 7 heteroatoms. The van der Waals surface area contributed by atoms with Crippen molar-refractivity contribution in [2.45, 2.75) is 6.04 Å². The van der Waals surface area contributed by atoms with Crippen LogP contribution in [0.1, 0.15) is 17.2 Å². The average molecular weight is 396 g/mol. The number of halogens is 1. The molecule has 2 aliphatic heterocycles. The number of rotatable bonds is 4. The van der Waals surface area contributed by atoms with Gasteiger partial charge in [-0.05, 0) is 37.9 Å². The van der Waals surface area contributed by atoms with E-state index in [2.05, 4.69) is 0 Å². The van der Waals surface area contributed by atoms with Gasteiger partial charge >= 0.3 is 6.03 Å². The molecule has 0 spiro atoms. The number of benzene rings is 2. The molecule has 0 aliphatic carbocycles. The molecule has 152 valence electrons. The summed E-state index contributed by atoms with van der Waals surface area (Å²) in [6.07, 6.45) is 0. The van der Waals surface area contributed by atoms with Gasteiger partial charge in [-0.25, -0.2) is 14.2 Å². The van der Waals surface area contributed by atoms with E-state index in [0.717, 1.165) is 12.1 Å². The van der Waals surface area contributed by atoms with Crippen LogP contribution >= 0.6 is 0 Å². The Bertz CT molecular complexity index is 932. The SMILES string of the molecule is CN(C)CCN(C)C(=O)N1N=C2c3cc(F)ccc3OC[C@@H]2[C@@H]1c1ccccc1. The second kappa shape index (κ2) is 7.83. The summed E-state index contributed by atoms with van der Waals surface area (Å²) in [5, 5.41) is 6.23. The fraction of sp³-hybridized carbons (Fsp3) is 0.364. The number of carbonyl (C=O) groups excluding carboxylic acids is 1. The lowest BCUT2D eigenvalue weighted by atomic mass is 9.86. The molecule has 2 amide bonds. The smallest absolute Gasteiger partial charge is 0.340 e. The van der Waals surface area contributed by atoms with Gasteiger partial charge in [0, 0.05) is 25.7 Å². The van der Waals surface area contributed by atoms with Crippen LogP contribution in [0.3, 0.4) is 0 Å². The summed E-state index contributed by atoms with van der Waals surface area (Å²) >= 11 is 0. The summed E-state index contributed by atoms with van der Waals surface area (Å²) < 4.78 is 19.8. The van der Waals surface area contributed by atoms with Gasteiger partial charge in [0.2, 0.25) is 0 Å². The minimum Gasteiger partial charge on any atom is -0.492 e. The van der Waals surface area contributed by atoms with Crippen molar-refractivity contribution in [3.8, 4) is 5.75 Å². The highest BCUT2D eigenvalue weighted by molar-refractivity contribution is 6.07. The number of hydrazone groups is 1. The summed E-state index contributed by atoms with van der Waals surface area (Å²) in [6, 6.07) is 13.8. The predicted octanol–water partition coefficient (Wildman–Crippen LogP) is 3.21. The second-order valence-corrected chi connectivity index (χ2v) is 7.75. The molecule has 29 heavy (non-hydrogen) atoms. The van der Waals surface area contributed by atoms with Crippen LogP contribution in [0.25, 0.3) is 0 Å². The maximum Gasteiger partial charge on any atom is 0.340 e. The quantitative estimate of drug-likeness (QED) is 0.797. The zero-order valence-electron chi connectivity index (χ0n) is 16.9. The minimum absolute atomic E-state index is 0.155. The Balaban J connectivity index is 1.72. The molecule has 4 rings (SSSR count). The first kappa shape index (κ1) is 19.4. The fourth-order valence-electron chi connectivity index (χ4n) is 3.81. The molecule has 6 nitrogen and oxygen atoms in total. The molecule has 2 atom stereocenters. The zero-order valence-corrected chi connectivity index (χ0v) is 16.9. The van der Waals surface area contributed by atoms with Crippen LogP contribution in [0.5, 0.6) is 5.75 Å². The van der Waals surface area contributed by atoms with E-state index >= 15 is 0 Å². The van der Waals surface area contributed by atoms with E-state index in [-0.39, 0.29) is 23.8 Å². The third-order valence-corrected chi connectivity index (χ3v) is 5.39. The maximum absolute atomic E-state index is 13.9. The summed E-state index contributed by atoms with van der Waals surface area (Å²) in [7, 11) is 5.72. The molecule has 0 N–H and O–H groups in total. The first-order valence-electron chi connectivity index (χ1n) is 9.71. The van der Waals surface area contributed by atoms with Gasteiger partial charge in [0.15, 0.2) is 0 Å². The van der Waals surface area contributed by atoms with Gasteiger partial charge in [-0.2, -0.15) is 5.10 Å². The first-order valence-corrected chi connectivity index (χ1v) is 9.71. The van der Waals surface area contributed by atoms with E-state index in [1.165, 1.54) is 17.1 Å². The van der Waals surface area contributed by atoms with Crippen molar-refractivity contribution in [2.75, 3.05) is 40.8 Å². The monoisotopic (exact) mass is 396 g/mol. The normalized spacial score (nSPS) is 20.0. The molecule has 0 fully saturated rings. The Kier molecular flexibility index (Phi) is 5.24. The number of urea groups is 1. The summed E-state index contributed by atoms with van der Waals surface area (Å²) in [6.45, 7) is 1.73. The molecular formula is C22H25FN4O2. The Hall–Kier alpha value is -2.93. The van der Waals surface area contributed by atoms with Gasteiger partial charge < -0.3 is 14.5 Å². The van der Waals surface area contributed by atoms with E-state index < -0.39 is 0 Å². The molecule has 0 radical (unpaired) electrons. The van der Waals surface area contributed by atoms with Crippen LogP contribution in [0.4, 0.5) is 9.18 Å². The van der Waals surface area contributed by atoms with Gasteiger partial charge in [0.25, 0.3) is 0 Å². The lowest BCUT2D eigenvalue weighted by molar-refractivity contribution is 0.131. The highest BCUT2D eigenvalue weighted by Crippen LogP contribution is 2.42. The second-order valence-electron chi connectivity index (χ2n) is 7.75. The third-order valence-electron chi connectivity index (χ3n) is 5.39. The number of amides is 2. The molecule has 2 aromatic rings. The third kappa shape index (κ3) is 3.70. The van der Waals surface area contributed by atoms with E-state index in [0.29, 0.717) is 30.2 Å². The number of ether oxygens (including phenoxy) is 1. The number of likely N-dealkylation sites (N-methyl/N-ethyl adjacent to an activating group) is 2. The Morgan fingerprint density at radius 3 is 2.66 bits per heavy atom. The van der Waals surface area contributed by atoms with Crippen LogP contribution in [0, 0.1) is 11.7 Å². The van der Waals surface area contributed by atoms with Crippen molar-refractivity contribution < 1.29 is 13.9 Å². The number of hydrogen-bond acceptors (Lipinski definition) is 4. The molecule has 0 unspecified atom stereocenters. The van der Waals surface area contributed by atoms with Crippen molar-refractivity contribution >= 4 is 11.7 Å². The average Bonchev–Trinajstić information content (AvgIpc) is 3.12. The molecule has 2 aliphatic rings. The van der Waals surface area contributed by atoms with Crippen molar-refractivity contribution in [3.05, 3.63) is 65.5 Å². The number of nitrogens with zero attached hydrogens (tertiary/aromatic N) is 4. The van der Waals surface area contributed by atoms with Crippen molar-refractivity contribution in [1.82, 2.24) is 14.8 Å². The van der Waals surface area contributed by atoms with Crippen LogP contribution in [0.15, 0.2) is 53.6 Å². The largest absolute Gasteiger partial charge is 0.492 e. The highest BCUT2D eigenvalue weighted by Gasteiger charge is 2.45. The molecule has 0 saturated carbocycles. The van der Waals surface area contributed by atoms with Crippen LogP contribution in [-0.4, -0.2) is 67.4 Å². The van der Waals surface area contributed by atoms with Crippen LogP contribution in [0.2, 0.25) is 0 Å². The minimum atomic E-state index is -0.347. The van der Waals surface area contributed by atoms with Gasteiger partial charge in [-0.3, -0.25) is 0 Å². The highest BCUT2D eigenvalue weighted by atomic mass is 19.1. The summed E-state index contributed by atoms with van der Waals surface area (Å²) in [5.74, 6) is 0.0983. The van der Waals surface area contributed by atoms with Gasteiger partial charge in [0.05, 0.1) is 24.3 Å². The van der Waals surface area contributed by atoms with Crippen LogP contribution < -0.4 is 4.74 Å². The lowest BCUT2D eigenvalue weighted by Gasteiger charge is -2.31. The van der Waals surface area contributed by atoms with E-state index in [4.69, 9.17) is 9.84 Å². The lowest BCUT2D eigenvalue weighted by Crippen LogP contribution is -2.43. The molecule has 0 bridgehead atoms. The summed E-state index contributed by atoms with van der Waals surface area (Å²) in [4.78, 5) is 17.0. The predicted molar refractivity (Wildman–Crippen MR) is 110 cm³/mol. The molecular weight excluding hydrogens is 371 g/mol. The zero-order chi connectivity index (χ0) is 20.5. The van der Waals surface area contributed by atoms with Crippen molar-refractivity contribution in [1.29, 1.82) is 0 Å².